The minimum Gasteiger partial charge on any atom is -0.495 e. The Kier molecular flexibility index (Phi) is 7.01. The van der Waals surface area contributed by atoms with Crippen LogP contribution >= 0.6 is 0 Å². The van der Waals surface area contributed by atoms with Crippen LogP contribution in [0.25, 0.3) is 0 Å². The van der Waals surface area contributed by atoms with Crippen molar-refractivity contribution >= 4 is 27.5 Å². The maximum atomic E-state index is 13.1. The number of methoxy groups -OCH3 is 1. The zero-order valence-corrected chi connectivity index (χ0v) is 17.2. The molecule has 0 aromatic heterocycles. The third-order valence-electron chi connectivity index (χ3n) is 4.49. The van der Waals surface area contributed by atoms with E-state index in [0.717, 1.165) is 17.7 Å². The van der Waals surface area contributed by atoms with E-state index in [9.17, 15) is 17.1 Å². The Morgan fingerprint density at radius 3 is 2.36 bits per heavy atom. The molecule has 0 aliphatic carbocycles. The van der Waals surface area contributed by atoms with Crippen molar-refractivity contribution < 1.29 is 21.8 Å². The maximum absolute atomic E-state index is 13.1. The molecule has 1 N–H and O–H groups in total. The lowest BCUT2D eigenvalue weighted by molar-refractivity contribution is -0.114. The van der Waals surface area contributed by atoms with Crippen molar-refractivity contribution in [1.82, 2.24) is 0 Å². The minimum atomic E-state index is -4.72. The van der Waals surface area contributed by atoms with E-state index in [1.165, 1.54) is 19.1 Å². The number of hydrogen-bond donors (Lipinski definition) is 1. The Bertz CT molecular complexity index is 930. The molecule has 0 spiro atoms. The van der Waals surface area contributed by atoms with Crippen LogP contribution in [0.4, 0.5) is 15.3 Å². The molecule has 2 aromatic carbocycles. The van der Waals surface area contributed by atoms with Crippen molar-refractivity contribution in [3.8, 4) is 5.75 Å². The number of rotatable bonds is 8. The van der Waals surface area contributed by atoms with E-state index in [0.29, 0.717) is 18.0 Å². The van der Waals surface area contributed by atoms with Crippen molar-refractivity contribution in [2.45, 2.75) is 44.7 Å². The van der Waals surface area contributed by atoms with Gasteiger partial charge in [0.2, 0.25) is 5.91 Å². The van der Waals surface area contributed by atoms with Crippen LogP contribution in [0, 0.1) is 0 Å². The van der Waals surface area contributed by atoms with Gasteiger partial charge >= 0.3 is 10.2 Å². The average Bonchev–Trinajstić information content (AvgIpc) is 2.64. The number of anilines is 2. The van der Waals surface area contributed by atoms with Gasteiger partial charge in [-0.3, -0.25) is 4.79 Å². The number of hydrogen-bond acceptors (Lipinski definition) is 5. The quantitative estimate of drug-likeness (QED) is 0.665. The molecule has 2 rings (SSSR count). The molecule has 0 radical (unpaired) electrons. The van der Waals surface area contributed by atoms with Gasteiger partial charge in [-0.05, 0) is 49.2 Å². The number of nitrogens with one attached hydrogen (secondary N) is 1. The van der Waals surface area contributed by atoms with Crippen molar-refractivity contribution in [3.63, 3.8) is 0 Å². The summed E-state index contributed by atoms with van der Waals surface area (Å²) in [6, 6.07) is 11.2. The fourth-order valence-corrected chi connectivity index (χ4v) is 3.31. The van der Waals surface area contributed by atoms with Crippen LogP contribution in [-0.2, 0) is 21.6 Å². The number of ether oxygens (including phenoxy) is 1. The largest absolute Gasteiger partial charge is 0.495 e. The number of benzene rings is 2. The maximum Gasteiger partial charge on any atom is 0.332 e. The Labute approximate surface area is 165 Å². The topological polar surface area (TPSA) is 75.7 Å². The summed E-state index contributed by atoms with van der Waals surface area (Å²) in [6.45, 7) is 6.02. The van der Waals surface area contributed by atoms with Crippen LogP contribution in [-0.4, -0.2) is 27.5 Å². The molecule has 8 heteroatoms. The fraction of sp³-hybridized carbons (Fsp3) is 0.350. The highest BCUT2D eigenvalue weighted by molar-refractivity contribution is 7.86. The molecule has 0 saturated heterocycles. The second-order valence-electron chi connectivity index (χ2n) is 6.53. The molecule has 152 valence electrons. The molecule has 2 aromatic rings. The van der Waals surface area contributed by atoms with E-state index in [-0.39, 0.29) is 16.8 Å². The van der Waals surface area contributed by atoms with Crippen LogP contribution in [0.15, 0.2) is 47.4 Å². The number of carbonyl (C=O) groups is 1. The van der Waals surface area contributed by atoms with Gasteiger partial charge in [-0.2, -0.15) is 8.42 Å². The summed E-state index contributed by atoms with van der Waals surface area (Å²) in [4.78, 5) is 13.1. The van der Waals surface area contributed by atoms with Crippen molar-refractivity contribution in [2.75, 3.05) is 17.3 Å². The minimum absolute atomic E-state index is 0.131. The molecule has 0 aliphatic rings. The van der Waals surface area contributed by atoms with Crippen LogP contribution in [0.1, 0.15) is 32.8 Å². The third kappa shape index (κ3) is 5.45. The van der Waals surface area contributed by atoms with Gasteiger partial charge in [0.25, 0.3) is 0 Å². The summed E-state index contributed by atoms with van der Waals surface area (Å²) < 4.78 is 40.7. The average molecular weight is 408 g/mol. The fourth-order valence-electron chi connectivity index (χ4n) is 2.85. The van der Waals surface area contributed by atoms with Gasteiger partial charge in [-0.25, -0.2) is 0 Å². The molecule has 1 atom stereocenters. The van der Waals surface area contributed by atoms with Crippen molar-refractivity contribution in [3.05, 3.63) is 48.0 Å². The second kappa shape index (κ2) is 9.05. The summed E-state index contributed by atoms with van der Waals surface area (Å²) in [6.07, 6.45) is 0.852. The molecule has 28 heavy (non-hydrogen) atoms. The first-order valence-electron chi connectivity index (χ1n) is 8.91. The molecule has 0 heterocycles. The van der Waals surface area contributed by atoms with E-state index in [4.69, 9.17) is 4.74 Å². The smallest absolute Gasteiger partial charge is 0.332 e. The standard InChI is InChI=1S/C20H25FN2O4S/c1-5-14(2)23(13-16-6-9-18(10-7-16)28(21,25)26)19-12-17(22-15(3)24)8-11-20(19)27-4/h6-12,14H,5,13H2,1-4H3,(H,22,24). The van der Waals surface area contributed by atoms with E-state index >= 15 is 0 Å². The zero-order valence-electron chi connectivity index (χ0n) is 16.4. The first-order chi connectivity index (χ1) is 13.2. The van der Waals surface area contributed by atoms with Gasteiger partial charge in [-0.15, -0.1) is 3.89 Å². The van der Waals surface area contributed by atoms with Gasteiger partial charge in [0.15, 0.2) is 0 Å². The molecular weight excluding hydrogens is 383 g/mol. The van der Waals surface area contributed by atoms with E-state index in [2.05, 4.69) is 24.1 Å². The molecular formula is C20H25FN2O4S. The summed E-state index contributed by atoms with van der Waals surface area (Å²) in [7, 11) is -3.15. The lowest BCUT2D eigenvalue weighted by atomic mass is 10.1. The molecule has 0 aliphatic heterocycles. The highest BCUT2D eigenvalue weighted by Crippen LogP contribution is 2.34. The predicted octanol–water partition coefficient (Wildman–Crippen LogP) is 4.12. The van der Waals surface area contributed by atoms with Crippen LogP contribution in [0.2, 0.25) is 0 Å². The molecule has 1 unspecified atom stereocenters. The second-order valence-corrected chi connectivity index (χ2v) is 7.88. The first-order valence-corrected chi connectivity index (χ1v) is 10.3. The predicted molar refractivity (Wildman–Crippen MR) is 108 cm³/mol. The highest BCUT2D eigenvalue weighted by Gasteiger charge is 2.19. The summed E-state index contributed by atoms with van der Waals surface area (Å²) >= 11 is 0. The number of carbonyl (C=O) groups excluding carboxylic acids is 1. The summed E-state index contributed by atoms with van der Waals surface area (Å²) in [5.41, 5.74) is 2.26. The lowest BCUT2D eigenvalue weighted by Crippen LogP contribution is -2.32. The molecule has 0 saturated carbocycles. The number of halogens is 1. The Morgan fingerprint density at radius 1 is 1.21 bits per heavy atom. The molecule has 0 bridgehead atoms. The molecule has 1 amide bonds. The summed E-state index contributed by atoms with van der Waals surface area (Å²) in [5.74, 6) is 0.478. The van der Waals surface area contributed by atoms with Crippen LogP contribution < -0.4 is 15.0 Å². The monoisotopic (exact) mass is 408 g/mol. The Balaban J connectivity index is 2.42. The van der Waals surface area contributed by atoms with Crippen LogP contribution in [0.5, 0.6) is 5.75 Å². The Morgan fingerprint density at radius 2 is 1.86 bits per heavy atom. The summed E-state index contributed by atoms with van der Waals surface area (Å²) in [5, 5.41) is 2.77. The number of amides is 1. The highest BCUT2D eigenvalue weighted by atomic mass is 32.3. The first kappa shape index (κ1) is 21.7. The molecule has 6 nitrogen and oxygen atoms in total. The van der Waals surface area contributed by atoms with Gasteiger partial charge in [0.1, 0.15) is 5.75 Å². The van der Waals surface area contributed by atoms with Gasteiger partial charge in [0.05, 0.1) is 17.7 Å². The third-order valence-corrected chi connectivity index (χ3v) is 5.32. The zero-order chi connectivity index (χ0) is 20.9. The lowest BCUT2D eigenvalue weighted by Gasteiger charge is -2.32. The van der Waals surface area contributed by atoms with E-state index in [1.54, 1.807) is 31.4 Å². The molecule has 0 fully saturated rings. The Hall–Kier alpha value is -2.61. The van der Waals surface area contributed by atoms with Gasteiger partial charge in [0, 0.05) is 25.2 Å². The van der Waals surface area contributed by atoms with Gasteiger partial charge < -0.3 is 15.0 Å². The van der Waals surface area contributed by atoms with Crippen molar-refractivity contribution in [1.29, 1.82) is 0 Å². The van der Waals surface area contributed by atoms with E-state index in [1.807, 2.05) is 6.07 Å². The number of nitrogens with zero attached hydrogens (tertiary/aromatic N) is 1. The SMILES string of the molecule is CCC(C)N(Cc1ccc(S(=O)(=O)F)cc1)c1cc(NC(C)=O)ccc1OC. The van der Waals surface area contributed by atoms with E-state index < -0.39 is 10.2 Å². The van der Waals surface area contributed by atoms with Crippen molar-refractivity contribution in [2.24, 2.45) is 0 Å². The van der Waals surface area contributed by atoms with Crippen LogP contribution in [0.3, 0.4) is 0 Å². The van der Waals surface area contributed by atoms with Gasteiger partial charge in [-0.1, -0.05) is 19.1 Å². The normalized spacial score (nSPS) is 12.3.